The van der Waals surface area contributed by atoms with E-state index >= 15 is 0 Å². The molecule has 0 saturated carbocycles. The second kappa shape index (κ2) is 7.06. The molecule has 1 aliphatic heterocycles. The molecule has 0 aromatic heterocycles. The third-order valence-corrected chi connectivity index (χ3v) is 5.22. The Labute approximate surface area is 142 Å². The van der Waals surface area contributed by atoms with Gasteiger partial charge in [-0.15, -0.1) is 0 Å². The van der Waals surface area contributed by atoms with Gasteiger partial charge in [0.2, 0.25) is 0 Å². The normalized spacial score (nSPS) is 19.7. The smallest absolute Gasteiger partial charge is 0.354 e. The van der Waals surface area contributed by atoms with Gasteiger partial charge in [-0.3, -0.25) is 9.36 Å². The van der Waals surface area contributed by atoms with Gasteiger partial charge in [-0.05, 0) is 23.6 Å². The highest BCUT2D eigenvalue weighted by atomic mass is 31.2. The Morgan fingerprint density at radius 2 is 1.92 bits per heavy atom. The molecule has 0 atom stereocenters. The van der Waals surface area contributed by atoms with Gasteiger partial charge in [0.15, 0.2) is 0 Å². The van der Waals surface area contributed by atoms with Crippen molar-refractivity contribution in [1.82, 2.24) is 0 Å². The molecular formula is C18H23O5P. The molecule has 1 heterocycles. The Hall–Kier alpha value is -1.68. The van der Waals surface area contributed by atoms with Crippen molar-refractivity contribution in [2.45, 2.75) is 27.2 Å². The molecule has 2 rings (SSSR count). The molecule has 130 valence electrons. The maximum absolute atomic E-state index is 12.9. The second-order valence-corrected chi connectivity index (χ2v) is 8.66. The zero-order valence-corrected chi connectivity index (χ0v) is 15.1. The van der Waals surface area contributed by atoms with E-state index in [4.69, 9.17) is 14.2 Å². The first-order chi connectivity index (χ1) is 11.1. The summed E-state index contributed by atoms with van der Waals surface area (Å²) < 4.78 is 23.9. The zero-order valence-electron chi connectivity index (χ0n) is 14.2. The first kappa shape index (κ1) is 18.7. The predicted octanol–water partition coefficient (Wildman–Crippen LogP) is 4.50. The van der Waals surface area contributed by atoms with E-state index in [1.54, 1.807) is 31.2 Å². The Morgan fingerprint density at radius 3 is 2.46 bits per heavy atom. The van der Waals surface area contributed by atoms with Crippen LogP contribution >= 0.6 is 7.60 Å². The van der Waals surface area contributed by atoms with E-state index in [0.717, 1.165) is 0 Å². The maximum Gasteiger partial charge on any atom is 0.354 e. The SMILES string of the molecule is C=C(C)/C(=C/P1(=O)OCC(C)(C)CO1)c1ccccc1CC(=O)O. The molecule has 1 N–H and O–H groups in total. The average molecular weight is 350 g/mol. The number of carbonyl (C=O) groups is 1. The first-order valence-electron chi connectivity index (χ1n) is 7.69. The van der Waals surface area contributed by atoms with Gasteiger partial charge in [-0.2, -0.15) is 0 Å². The molecule has 1 aliphatic rings. The first-order valence-corrected chi connectivity index (χ1v) is 9.31. The van der Waals surface area contributed by atoms with Gasteiger partial charge in [0.1, 0.15) is 0 Å². The number of aliphatic carboxylic acids is 1. The van der Waals surface area contributed by atoms with Gasteiger partial charge in [0.25, 0.3) is 0 Å². The number of hydrogen-bond donors (Lipinski definition) is 1. The van der Waals surface area contributed by atoms with Crippen molar-refractivity contribution in [2.75, 3.05) is 13.2 Å². The molecule has 0 amide bonds. The van der Waals surface area contributed by atoms with Crippen LogP contribution < -0.4 is 0 Å². The molecule has 1 aromatic carbocycles. The summed E-state index contributed by atoms with van der Waals surface area (Å²) in [4.78, 5) is 11.1. The van der Waals surface area contributed by atoms with Crippen LogP contribution in [0.2, 0.25) is 0 Å². The van der Waals surface area contributed by atoms with E-state index < -0.39 is 13.6 Å². The maximum atomic E-state index is 12.9. The molecule has 5 nitrogen and oxygen atoms in total. The molecule has 0 radical (unpaired) electrons. The summed E-state index contributed by atoms with van der Waals surface area (Å²) in [5, 5.41) is 9.10. The highest BCUT2D eigenvalue weighted by Gasteiger charge is 2.35. The second-order valence-electron chi connectivity index (χ2n) is 6.80. The summed E-state index contributed by atoms with van der Waals surface area (Å²) in [6.45, 7) is 10.3. The number of allylic oxidation sites excluding steroid dienone is 2. The van der Waals surface area contributed by atoms with Gasteiger partial charge in [-0.1, -0.05) is 50.3 Å². The summed E-state index contributed by atoms with van der Waals surface area (Å²) in [5.41, 5.74) is 2.38. The summed E-state index contributed by atoms with van der Waals surface area (Å²) >= 11 is 0. The van der Waals surface area contributed by atoms with E-state index in [1.165, 1.54) is 5.82 Å². The number of rotatable bonds is 5. The van der Waals surface area contributed by atoms with E-state index in [0.29, 0.717) is 35.5 Å². The lowest BCUT2D eigenvalue weighted by Gasteiger charge is -2.33. The lowest BCUT2D eigenvalue weighted by atomic mass is 9.95. The van der Waals surface area contributed by atoms with Gasteiger partial charge < -0.3 is 14.2 Å². The fourth-order valence-electron chi connectivity index (χ4n) is 2.35. The Balaban J connectivity index is 2.43. The molecule has 24 heavy (non-hydrogen) atoms. The van der Waals surface area contributed by atoms with Crippen molar-refractivity contribution in [3.63, 3.8) is 0 Å². The zero-order chi connectivity index (χ0) is 18.0. The summed E-state index contributed by atoms with van der Waals surface area (Å²) in [5.74, 6) is 0.535. The van der Waals surface area contributed by atoms with E-state index in [2.05, 4.69) is 6.58 Å². The van der Waals surface area contributed by atoms with Crippen LogP contribution in [0.25, 0.3) is 5.57 Å². The molecule has 0 spiro atoms. The number of hydrogen-bond acceptors (Lipinski definition) is 4. The summed E-state index contributed by atoms with van der Waals surface area (Å²) in [6.07, 6.45) is -0.125. The van der Waals surface area contributed by atoms with Crippen LogP contribution in [0.5, 0.6) is 0 Å². The monoisotopic (exact) mass is 350 g/mol. The molecular weight excluding hydrogens is 327 g/mol. The minimum atomic E-state index is -3.39. The van der Waals surface area contributed by atoms with Crippen molar-refractivity contribution in [3.8, 4) is 0 Å². The van der Waals surface area contributed by atoms with Crippen LogP contribution in [-0.4, -0.2) is 24.3 Å². The standard InChI is InChI=1S/C18H23O5P/c1-13(2)16(10-24(21)22-11-18(3,4)12-23-24)15-8-6-5-7-14(15)9-17(19)20/h5-8,10H,1,9,11-12H2,2-4H3,(H,19,20)/b16-10-. The quantitative estimate of drug-likeness (QED) is 0.625. The molecule has 0 unspecified atom stereocenters. The van der Waals surface area contributed by atoms with Crippen molar-refractivity contribution in [1.29, 1.82) is 0 Å². The van der Waals surface area contributed by atoms with Crippen LogP contribution in [0.3, 0.4) is 0 Å². The van der Waals surface area contributed by atoms with Gasteiger partial charge in [-0.25, -0.2) is 0 Å². The Kier molecular flexibility index (Phi) is 5.49. The fourth-order valence-corrected chi connectivity index (χ4v) is 4.31. The molecule has 6 heteroatoms. The number of carboxylic acid groups (broad SMARTS) is 1. The summed E-state index contributed by atoms with van der Waals surface area (Å²) in [6, 6.07) is 7.11. The number of carboxylic acids is 1. The predicted molar refractivity (Wildman–Crippen MR) is 93.9 cm³/mol. The lowest BCUT2D eigenvalue weighted by Crippen LogP contribution is -2.28. The molecule has 0 bridgehead atoms. The van der Waals surface area contributed by atoms with Crippen LogP contribution in [0, 0.1) is 5.41 Å². The van der Waals surface area contributed by atoms with E-state index in [1.807, 2.05) is 13.8 Å². The topological polar surface area (TPSA) is 72.8 Å². The van der Waals surface area contributed by atoms with E-state index in [9.17, 15) is 9.36 Å². The lowest BCUT2D eigenvalue weighted by molar-refractivity contribution is -0.136. The van der Waals surface area contributed by atoms with Crippen LogP contribution in [0.1, 0.15) is 31.9 Å². The minimum Gasteiger partial charge on any atom is -0.481 e. The highest BCUT2D eigenvalue weighted by Crippen LogP contribution is 2.57. The van der Waals surface area contributed by atoms with Crippen molar-refractivity contribution >= 4 is 19.1 Å². The Bertz CT molecular complexity index is 719. The van der Waals surface area contributed by atoms with Crippen LogP contribution in [0.4, 0.5) is 0 Å². The third kappa shape index (κ3) is 4.67. The molecule has 0 aliphatic carbocycles. The van der Waals surface area contributed by atoms with Gasteiger partial charge >= 0.3 is 13.6 Å². The highest BCUT2D eigenvalue weighted by molar-refractivity contribution is 7.57. The van der Waals surface area contributed by atoms with Gasteiger partial charge in [0, 0.05) is 11.2 Å². The van der Waals surface area contributed by atoms with Gasteiger partial charge in [0.05, 0.1) is 19.6 Å². The Morgan fingerprint density at radius 1 is 1.33 bits per heavy atom. The average Bonchev–Trinajstić information content (AvgIpc) is 2.49. The van der Waals surface area contributed by atoms with E-state index in [-0.39, 0.29) is 11.8 Å². The van der Waals surface area contributed by atoms with Crippen LogP contribution in [-0.2, 0) is 24.8 Å². The number of benzene rings is 1. The molecule has 1 aromatic rings. The van der Waals surface area contributed by atoms with Crippen molar-refractivity contribution in [3.05, 3.63) is 53.4 Å². The minimum absolute atomic E-state index is 0.125. The molecule has 1 saturated heterocycles. The fraction of sp³-hybridized carbons (Fsp3) is 0.389. The largest absolute Gasteiger partial charge is 0.481 e. The van der Waals surface area contributed by atoms with Crippen LogP contribution in [0.15, 0.2) is 42.2 Å². The van der Waals surface area contributed by atoms with Crippen molar-refractivity contribution in [2.24, 2.45) is 5.41 Å². The molecule has 1 fully saturated rings. The third-order valence-electron chi connectivity index (χ3n) is 3.67. The summed E-state index contributed by atoms with van der Waals surface area (Å²) in [7, 11) is -3.39. The van der Waals surface area contributed by atoms with Crippen molar-refractivity contribution < 1.29 is 23.5 Å².